The van der Waals surface area contributed by atoms with Crippen LogP contribution in [0.3, 0.4) is 0 Å². The van der Waals surface area contributed by atoms with Gasteiger partial charge in [0.2, 0.25) is 0 Å². The van der Waals surface area contributed by atoms with Crippen molar-refractivity contribution in [2.75, 3.05) is 0 Å². The zero-order chi connectivity index (χ0) is 13.0. The van der Waals surface area contributed by atoms with Gasteiger partial charge in [-0.2, -0.15) is 5.10 Å². The lowest BCUT2D eigenvalue weighted by molar-refractivity contribution is 0.574. The van der Waals surface area contributed by atoms with Crippen LogP contribution in [0.5, 0.6) is 0 Å². The summed E-state index contributed by atoms with van der Waals surface area (Å²) in [5.74, 6) is 0. The normalized spacial score (nSPS) is 12.3. The van der Waals surface area contributed by atoms with Gasteiger partial charge in [-0.05, 0) is 19.4 Å². The Morgan fingerprint density at radius 2 is 2.33 bits per heavy atom. The minimum Gasteiger partial charge on any atom is -0.306 e. The Hall–Kier alpha value is -1.87. The molecule has 3 heteroatoms. The molecule has 1 aromatic heterocycles. The Labute approximate surface area is 108 Å². The first-order valence-electron chi connectivity index (χ1n) is 6.14. The molecule has 1 atom stereocenters. The highest BCUT2D eigenvalue weighted by Crippen LogP contribution is 2.14. The number of aryl methyl sites for hydroxylation is 1. The number of hydrogen-bond donors (Lipinski definition) is 1. The molecule has 0 bridgehead atoms. The van der Waals surface area contributed by atoms with E-state index in [-0.39, 0.29) is 0 Å². The summed E-state index contributed by atoms with van der Waals surface area (Å²) in [5.41, 5.74) is 3.76. The first-order chi connectivity index (χ1) is 8.69. The van der Waals surface area contributed by atoms with Crippen molar-refractivity contribution in [3.8, 4) is 0 Å². The lowest BCUT2D eigenvalue weighted by atomic mass is 10.1. The maximum Gasteiger partial charge on any atom is 0.0538 e. The number of rotatable bonds is 5. The molecule has 0 aliphatic carbocycles. The molecule has 1 N–H and O–H groups in total. The van der Waals surface area contributed by atoms with Gasteiger partial charge in [0.1, 0.15) is 0 Å². The van der Waals surface area contributed by atoms with E-state index in [1.165, 1.54) is 11.1 Å². The zero-order valence-corrected chi connectivity index (χ0v) is 10.9. The van der Waals surface area contributed by atoms with Gasteiger partial charge in [-0.25, -0.2) is 4.68 Å². The predicted molar refractivity (Wildman–Crippen MR) is 75.0 cm³/mol. The fourth-order valence-electron chi connectivity index (χ4n) is 1.90. The number of benzene rings is 1. The van der Waals surface area contributed by atoms with Crippen molar-refractivity contribution in [2.24, 2.45) is 0 Å². The molecule has 0 radical (unpaired) electrons. The highest BCUT2D eigenvalue weighted by molar-refractivity contribution is 5.25. The minimum atomic E-state index is 0.331. The van der Waals surface area contributed by atoms with Crippen LogP contribution >= 0.6 is 0 Å². The van der Waals surface area contributed by atoms with Crippen LogP contribution in [0, 0.1) is 6.92 Å². The Morgan fingerprint density at radius 3 is 3.00 bits per heavy atom. The second-order valence-electron chi connectivity index (χ2n) is 4.53. The van der Waals surface area contributed by atoms with Crippen LogP contribution in [0.25, 0.3) is 6.20 Å². The Bertz CT molecular complexity index is 528. The van der Waals surface area contributed by atoms with E-state index < -0.39 is 0 Å². The fraction of sp³-hybridized carbons (Fsp3) is 0.267. The average molecular weight is 241 g/mol. The van der Waals surface area contributed by atoms with Crippen molar-refractivity contribution < 1.29 is 0 Å². The molecule has 0 aliphatic heterocycles. The molecule has 2 aromatic rings. The topological polar surface area (TPSA) is 29.9 Å². The molecule has 0 saturated heterocycles. The largest absolute Gasteiger partial charge is 0.306 e. The molecule has 0 unspecified atom stereocenters. The first-order valence-corrected chi connectivity index (χ1v) is 6.14. The third-order valence-corrected chi connectivity index (χ3v) is 3.00. The third kappa shape index (κ3) is 3.08. The molecular formula is C15H19N3. The average Bonchev–Trinajstić information content (AvgIpc) is 2.84. The molecule has 0 fully saturated rings. The second-order valence-corrected chi connectivity index (χ2v) is 4.53. The van der Waals surface area contributed by atoms with Crippen molar-refractivity contribution in [3.63, 3.8) is 0 Å². The van der Waals surface area contributed by atoms with Crippen molar-refractivity contribution in [2.45, 2.75) is 26.4 Å². The van der Waals surface area contributed by atoms with Crippen LogP contribution in [-0.2, 0) is 6.54 Å². The number of nitrogens with zero attached hydrogens (tertiary/aromatic N) is 2. The van der Waals surface area contributed by atoms with Gasteiger partial charge >= 0.3 is 0 Å². The minimum absolute atomic E-state index is 0.331. The SMILES string of the molecule is C=Cn1cc(CN[C@@H](C)c2cccc(C)c2)cn1. The van der Waals surface area contributed by atoms with Crippen molar-refractivity contribution >= 4 is 6.20 Å². The van der Waals surface area contributed by atoms with E-state index in [0.29, 0.717) is 6.04 Å². The van der Waals surface area contributed by atoms with Crippen LogP contribution in [0.15, 0.2) is 43.2 Å². The van der Waals surface area contributed by atoms with E-state index in [0.717, 1.165) is 12.1 Å². The summed E-state index contributed by atoms with van der Waals surface area (Å²) >= 11 is 0. The van der Waals surface area contributed by atoms with Gasteiger partial charge in [-0.1, -0.05) is 36.4 Å². The molecule has 2 rings (SSSR count). The van der Waals surface area contributed by atoms with Gasteiger partial charge in [0.25, 0.3) is 0 Å². The summed E-state index contributed by atoms with van der Waals surface area (Å²) in [4.78, 5) is 0. The highest BCUT2D eigenvalue weighted by atomic mass is 15.2. The maximum atomic E-state index is 4.16. The number of aromatic nitrogens is 2. The molecule has 0 saturated carbocycles. The zero-order valence-electron chi connectivity index (χ0n) is 10.9. The van der Waals surface area contributed by atoms with Crippen molar-refractivity contribution in [1.29, 1.82) is 0 Å². The van der Waals surface area contributed by atoms with Crippen LogP contribution in [0.2, 0.25) is 0 Å². The third-order valence-electron chi connectivity index (χ3n) is 3.00. The van der Waals surface area contributed by atoms with Crippen LogP contribution in [0.1, 0.15) is 29.7 Å². The quantitative estimate of drug-likeness (QED) is 0.871. The molecule has 1 heterocycles. The first kappa shape index (κ1) is 12.6. The van der Waals surface area contributed by atoms with Gasteiger partial charge in [-0.15, -0.1) is 0 Å². The van der Waals surface area contributed by atoms with E-state index >= 15 is 0 Å². The summed E-state index contributed by atoms with van der Waals surface area (Å²) in [6.45, 7) is 8.77. The van der Waals surface area contributed by atoms with E-state index in [2.05, 4.69) is 55.1 Å². The molecule has 1 aromatic carbocycles. The fourth-order valence-corrected chi connectivity index (χ4v) is 1.90. The van der Waals surface area contributed by atoms with E-state index in [1.54, 1.807) is 10.9 Å². The highest BCUT2D eigenvalue weighted by Gasteiger charge is 2.05. The summed E-state index contributed by atoms with van der Waals surface area (Å²) < 4.78 is 1.72. The van der Waals surface area contributed by atoms with Gasteiger partial charge in [-0.3, -0.25) is 0 Å². The lowest BCUT2D eigenvalue weighted by Crippen LogP contribution is -2.17. The molecule has 3 nitrogen and oxygen atoms in total. The predicted octanol–water partition coefficient (Wildman–Crippen LogP) is 3.14. The molecular weight excluding hydrogens is 222 g/mol. The Kier molecular flexibility index (Phi) is 3.95. The van der Waals surface area contributed by atoms with Crippen molar-refractivity contribution in [1.82, 2.24) is 15.1 Å². The summed E-state index contributed by atoms with van der Waals surface area (Å²) in [7, 11) is 0. The summed E-state index contributed by atoms with van der Waals surface area (Å²) in [6, 6.07) is 8.91. The number of nitrogens with one attached hydrogen (secondary N) is 1. The number of hydrogen-bond acceptors (Lipinski definition) is 2. The summed E-state index contributed by atoms with van der Waals surface area (Å²) in [5, 5.41) is 7.65. The van der Waals surface area contributed by atoms with Crippen LogP contribution in [-0.4, -0.2) is 9.78 Å². The maximum absolute atomic E-state index is 4.16. The van der Waals surface area contributed by atoms with Gasteiger partial charge in [0, 0.05) is 30.5 Å². The molecule has 0 spiro atoms. The van der Waals surface area contributed by atoms with Crippen LogP contribution in [0.4, 0.5) is 0 Å². The molecule has 18 heavy (non-hydrogen) atoms. The monoisotopic (exact) mass is 241 g/mol. The van der Waals surface area contributed by atoms with Crippen molar-refractivity contribution in [3.05, 3.63) is 59.9 Å². The summed E-state index contributed by atoms with van der Waals surface area (Å²) in [6.07, 6.45) is 5.52. The Morgan fingerprint density at radius 1 is 1.50 bits per heavy atom. The standard InChI is InChI=1S/C15H19N3/c1-4-18-11-14(10-17-18)9-16-13(3)15-7-5-6-12(2)8-15/h4-8,10-11,13,16H,1,9H2,2-3H3/t13-/m0/s1. The van der Waals surface area contributed by atoms with Crippen LogP contribution < -0.4 is 5.32 Å². The second kappa shape index (κ2) is 5.65. The molecule has 94 valence electrons. The Balaban J connectivity index is 1.95. The molecule has 0 amide bonds. The van der Waals surface area contributed by atoms with E-state index in [1.807, 2.05) is 12.4 Å². The van der Waals surface area contributed by atoms with Gasteiger partial charge in [0.05, 0.1) is 6.20 Å². The lowest BCUT2D eigenvalue weighted by Gasteiger charge is -2.14. The van der Waals surface area contributed by atoms with Gasteiger partial charge in [0.15, 0.2) is 0 Å². The van der Waals surface area contributed by atoms with E-state index in [9.17, 15) is 0 Å². The van der Waals surface area contributed by atoms with Gasteiger partial charge < -0.3 is 5.32 Å². The van der Waals surface area contributed by atoms with E-state index in [4.69, 9.17) is 0 Å². The molecule has 0 aliphatic rings. The smallest absolute Gasteiger partial charge is 0.0538 e.